The number of carbonyl (C=O) groups is 3. The van der Waals surface area contributed by atoms with Gasteiger partial charge in [-0.25, -0.2) is 4.79 Å². The highest BCUT2D eigenvalue weighted by Crippen LogP contribution is 2.39. The molecule has 1 aliphatic rings. The fourth-order valence-corrected chi connectivity index (χ4v) is 2.59. The summed E-state index contributed by atoms with van der Waals surface area (Å²) in [6, 6.07) is 0.555. The number of aliphatic carboxylic acids is 1. The summed E-state index contributed by atoms with van der Waals surface area (Å²) in [5, 5.41) is 9.13. The van der Waals surface area contributed by atoms with Crippen molar-refractivity contribution in [3.8, 4) is 0 Å². The van der Waals surface area contributed by atoms with Crippen molar-refractivity contribution in [2.75, 3.05) is 18.1 Å². The van der Waals surface area contributed by atoms with Crippen LogP contribution in [0.1, 0.15) is 18.1 Å². The van der Waals surface area contributed by atoms with Crippen LogP contribution in [-0.2, 0) is 36.2 Å². The molecule has 7 nitrogen and oxygen atoms in total. The third-order valence-electron chi connectivity index (χ3n) is 3.82. The number of anilines is 1. The van der Waals surface area contributed by atoms with E-state index in [0.29, 0.717) is 17.0 Å². The van der Waals surface area contributed by atoms with Gasteiger partial charge in [0.1, 0.15) is 0 Å². The van der Waals surface area contributed by atoms with Crippen LogP contribution in [0.3, 0.4) is 0 Å². The molecule has 1 unspecified atom stereocenters. The first-order valence-electron chi connectivity index (χ1n) is 7.84. The number of hydrogen-bond donors (Lipinski definition) is 1. The van der Waals surface area contributed by atoms with Crippen LogP contribution in [0.5, 0.6) is 0 Å². The van der Waals surface area contributed by atoms with Gasteiger partial charge in [-0.1, -0.05) is 0 Å². The summed E-state index contributed by atoms with van der Waals surface area (Å²) in [5.74, 6) is -4.12. The molecule has 0 saturated carbocycles. The topological polar surface area (TPSA) is 93.1 Å². The fourth-order valence-electron chi connectivity index (χ4n) is 2.59. The number of hydrogen-bond acceptors (Lipinski definition) is 5. The molecule has 1 N–H and O–H groups in total. The molecular formula is C16H13F6NO6. The Hall–Kier alpha value is -2.83. The number of ether oxygens (including phenoxy) is 2. The average Bonchev–Trinajstić information content (AvgIpc) is 2.58. The van der Waals surface area contributed by atoms with Crippen LogP contribution in [0.4, 0.5) is 32.0 Å². The number of nitrogens with zero attached hydrogens (tertiary/aromatic N) is 1. The molecule has 13 heteroatoms. The Kier molecular flexibility index (Phi) is 6.11. The molecule has 0 aromatic heterocycles. The van der Waals surface area contributed by atoms with Crippen molar-refractivity contribution in [3.05, 3.63) is 29.3 Å². The maximum Gasteiger partial charge on any atom is 0.416 e. The van der Waals surface area contributed by atoms with Crippen molar-refractivity contribution in [3.63, 3.8) is 0 Å². The molecule has 0 bridgehead atoms. The molecule has 1 aliphatic heterocycles. The van der Waals surface area contributed by atoms with Gasteiger partial charge in [-0.15, -0.1) is 0 Å². The van der Waals surface area contributed by atoms with E-state index in [4.69, 9.17) is 9.84 Å². The van der Waals surface area contributed by atoms with E-state index in [1.807, 2.05) is 0 Å². The third-order valence-corrected chi connectivity index (χ3v) is 3.82. The lowest BCUT2D eigenvalue weighted by Crippen LogP contribution is -2.55. The summed E-state index contributed by atoms with van der Waals surface area (Å²) >= 11 is 0. The standard InChI is InChI=1S/C16H13F6NO6/c1-7(24)29-12(14(26)27)11-13(25)23(2-3-28-11)10-5-8(15(17,18)19)4-9(6-10)16(20,21)22/h4-6,11-12H,2-3H2,1H3,(H,26,27)/t11?,12-/m1/s1. The van der Waals surface area contributed by atoms with Crippen molar-refractivity contribution in [1.82, 2.24) is 0 Å². The van der Waals surface area contributed by atoms with Gasteiger partial charge in [-0.05, 0) is 18.2 Å². The van der Waals surface area contributed by atoms with E-state index in [-0.39, 0.29) is 6.07 Å². The summed E-state index contributed by atoms with van der Waals surface area (Å²) in [4.78, 5) is 35.4. The second kappa shape index (κ2) is 7.89. The Labute approximate surface area is 158 Å². The van der Waals surface area contributed by atoms with Gasteiger partial charge in [-0.3, -0.25) is 9.59 Å². The Balaban J connectivity index is 2.49. The van der Waals surface area contributed by atoms with E-state index in [1.54, 1.807) is 0 Å². The summed E-state index contributed by atoms with van der Waals surface area (Å²) in [6.45, 7) is -0.0111. The minimum absolute atomic E-state index is 0.106. The maximum absolute atomic E-state index is 13.0. The van der Waals surface area contributed by atoms with Crippen molar-refractivity contribution in [2.45, 2.75) is 31.5 Å². The van der Waals surface area contributed by atoms with Crippen LogP contribution in [0.15, 0.2) is 18.2 Å². The second-order valence-electron chi connectivity index (χ2n) is 5.91. The Bertz CT molecular complexity index is 789. The van der Waals surface area contributed by atoms with Crippen molar-refractivity contribution >= 4 is 23.5 Å². The molecule has 1 saturated heterocycles. The molecule has 2 rings (SSSR count). The first kappa shape index (κ1) is 22.5. The van der Waals surface area contributed by atoms with Gasteiger partial charge in [0.05, 0.1) is 17.7 Å². The number of amides is 1. The highest BCUT2D eigenvalue weighted by atomic mass is 19.4. The predicted molar refractivity (Wildman–Crippen MR) is 81.7 cm³/mol. The van der Waals surface area contributed by atoms with Gasteiger partial charge < -0.3 is 19.5 Å². The number of alkyl halides is 6. The van der Waals surface area contributed by atoms with E-state index in [0.717, 1.165) is 6.92 Å². The maximum atomic E-state index is 13.0. The summed E-state index contributed by atoms with van der Waals surface area (Å²) < 4.78 is 87.6. The lowest BCUT2D eigenvalue weighted by molar-refractivity contribution is -0.177. The molecule has 2 atom stereocenters. The summed E-state index contributed by atoms with van der Waals surface area (Å²) in [5.41, 5.74) is -4.04. The second-order valence-corrected chi connectivity index (χ2v) is 5.91. The zero-order valence-corrected chi connectivity index (χ0v) is 14.5. The number of carboxylic acids is 1. The van der Waals surface area contributed by atoms with Gasteiger partial charge in [-0.2, -0.15) is 26.3 Å². The lowest BCUT2D eigenvalue weighted by atomic mass is 10.1. The summed E-state index contributed by atoms with van der Waals surface area (Å²) in [7, 11) is 0. The van der Waals surface area contributed by atoms with E-state index >= 15 is 0 Å². The number of halogens is 6. The number of rotatable bonds is 4. The van der Waals surface area contributed by atoms with Crippen LogP contribution in [0, 0.1) is 0 Å². The first-order valence-corrected chi connectivity index (χ1v) is 7.84. The SMILES string of the molecule is CC(=O)O[C@@H](C(=O)O)C1OCCN(c2cc(C(F)(F)F)cc(C(F)(F)F)c2)C1=O. The third kappa shape index (κ3) is 5.16. The molecule has 1 amide bonds. The molecule has 160 valence electrons. The molecular weight excluding hydrogens is 416 g/mol. The molecule has 0 radical (unpaired) electrons. The minimum atomic E-state index is -5.13. The van der Waals surface area contributed by atoms with Crippen LogP contribution >= 0.6 is 0 Å². The molecule has 0 spiro atoms. The van der Waals surface area contributed by atoms with Crippen LogP contribution in [0.2, 0.25) is 0 Å². The largest absolute Gasteiger partial charge is 0.478 e. The van der Waals surface area contributed by atoms with Crippen molar-refractivity contribution < 1.29 is 55.3 Å². The van der Waals surface area contributed by atoms with Gasteiger partial charge in [0.15, 0.2) is 6.10 Å². The number of carboxylic acid groups (broad SMARTS) is 1. The van der Waals surface area contributed by atoms with Crippen LogP contribution in [0.25, 0.3) is 0 Å². The fraction of sp³-hybridized carbons (Fsp3) is 0.438. The van der Waals surface area contributed by atoms with Crippen molar-refractivity contribution in [1.29, 1.82) is 0 Å². The highest BCUT2D eigenvalue weighted by molar-refractivity contribution is 6.00. The van der Waals surface area contributed by atoms with E-state index in [9.17, 15) is 40.7 Å². The summed E-state index contributed by atoms with van der Waals surface area (Å²) in [6.07, 6.45) is -14.3. The quantitative estimate of drug-likeness (QED) is 0.584. The van der Waals surface area contributed by atoms with E-state index in [1.165, 1.54) is 0 Å². The van der Waals surface area contributed by atoms with Gasteiger partial charge >= 0.3 is 24.3 Å². The molecule has 1 heterocycles. The number of esters is 1. The van der Waals surface area contributed by atoms with Crippen LogP contribution < -0.4 is 4.90 Å². The van der Waals surface area contributed by atoms with Crippen molar-refractivity contribution in [2.24, 2.45) is 0 Å². The van der Waals surface area contributed by atoms with Gasteiger partial charge in [0.2, 0.25) is 6.10 Å². The Morgan fingerprint density at radius 3 is 2.07 bits per heavy atom. The molecule has 1 aromatic carbocycles. The zero-order chi connectivity index (χ0) is 22.1. The van der Waals surface area contributed by atoms with E-state index in [2.05, 4.69) is 4.74 Å². The van der Waals surface area contributed by atoms with Gasteiger partial charge in [0.25, 0.3) is 5.91 Å². The molecule has 1 fully saturated rings. The zero-order valence-electron chi connectivity index (χ0n) is 14.5. The van der Waals surface area contributed by atoms with Gasteiger partial charge in [0, 0.05) is 19.2 Å². The Morgan fingerprint density at radius 2 is 1.66 bits per heavy atom. The monoisotopic (exact) mass is 429 g/mol. The smallest absolute Gasteiger partial charge is 0.416 e. The normalized spacial score (nSPS) is 19.1. The predicted octanol–water partition coefficient (Wildman–Crippen LogP) is 2.47. The number of carbonyl (C=O) groups excluding carboxylic acids is 2. The molecule has 29 heavy (non-hydrogen) atoms. The number of morpholine rings is 1. The Morgan fingerprint density at radius 1 is 1.14 bits per heavy atom. The minimum Gasteiger partial charge on any atom is -0.478 e. The van der Waals surface area contributed by atoms with Crippen LogP contribution in [-0.4, -0.2) is 48.3 Å². The van der Waals surface area contributed by atoms with E-state index < -0.39 is 72.4 Å². The average molecular weight is 429 g/mol. The highest BCUT2D eigenvalue weighted by Gasteiger charge is 2.44. The molecule has 1 aromatic rings. The first-order chi connectivity index (χ1) is 13.2. The lowest BCUT2D eigenvalue weighted by Gasteiger charge is -2.34. The molecule has 0 aliphatic carbocycles. The number of benzene rings is 1.